The predicted molar refractivity (Wildman–Crippen MR) is 93.5 cm³/mol. The van der Waals surface area contributed by atoms with Crippen molar-refractivity contribution in [2.24, 2.45) is 0 Å². The van der Waals surface area contributed by atoms with E-state index in [-0.39, 0.29) is 5.91 Å². The van der Waals surface area contributed by atoms with E-state index in [1.54, 1.807) is 23.0 Å². The molecule has 0 bridgehead atoms. The Hall–Kier alpha value is -1.88. The lowest BCUT2D eigenvalue weighted by Gasteiger charge is -2.25. The second-order valence-corrected chi connectivity index (χ2v) is 6.88. The average Bonchev–Trinajstić information content (AvgIpc) is 2.91. The SMILES string of the molecule is Cc1c(C#N)ccc(NC(=O)C(C)(C)n2cc(I)cn2)c1C. The minimum Gasteiger partial charge on any atom is -0.324 e. The van der Waals surface area contributed by atoms with Crippen molar-refractivity contribution < 1.29 is 4.79 Å². The average molecular weight is 408 g/mol. The van der Waals surface area contributed by atoms with Crippen LogP contribution in [0.4, 0.5) is 5.69 Å². The van der Waals surface area contributed by atoms with E-state index in [1.807, 2.05) is 33.9 Å². The molecule has 114 valence electrons. The van der Waals surface area contributed by atoms with Crippen LogP contribution in [0.1, 0.15) is 30.5 Å². The topological polar surface area (TPSA) is 70.7 Å². The van der Waals surface area contributed by atoms with Crippen molar-refractivity contribution in [3.8, 4) is 6.07 Å². The summed E-state index contributed by atoms with van der Waals surface area (Å²) in [5.74, 6) is -0.154. The van der Waals surface area contributed by atoms with Crippen LogP contribution >= 0.6 is 22.6 Å². The molecular formula is C16H17IN4O. The van der Waals surface area contributed by atoms with E-state index in [9.17, 15) is 4.79 Å². The smallest absolute Gasteiger partial charge is 0.251 e. The predicted octanol–water partition coefficient (Wildman–Crippen LogP) is 3.35. The van der Waals surface area contributed by atoms with Gasteiger partial charge in [0, 0.05) is 11.9 Å². The van der Waals surface area contributed by atoms with Crippen LogP contribution in [0, 0.1) is 28.7 Å². The van der Waals surface area contributed by atoms with Crippen molar-refractivity contribution in [3.05, 3.63) is 44.8 Å². The van der Waals surface area contributed by atoms with Gasteiger partial charge in [0.25, 0.3) is 5.91 Å². The molecule has 1 N–H and O–H groups in total. The molecule has 0 spiro atoms. The second-order valence-electron chi connectivity index (χ2n) is 5.64. The van der Waals surface area contributed by atoms with Gasteiger partial charge in [-0.25, -0.2) is 0 Å². The number of amides is 1. The molecule has 5 nitrogen and oxygen atoms in total. The van der Waals surface area contributed by atoms with Crippen molar-refractivity contribution in [1.29, 1.82) is 5.26 Å². The van der Waals surface area contributed by atoms with Gasteiger partial charge in [-0.2, -0.15) is 10.4 Å². The summed E-state index contributed by atoms with van der Waals surface area (Å²) in [6, 6.07) is 5.64. The highest BCUT2D eigenvalue weighted by Crippen LogP contribution is 2.24. The molecule has 0 radical (unpaired) electrons. The van der Waals surface area contributed by atoms with Crippen LogP contribution in [-0.4, -0.2) is 15.7 Å². The maximum absolute atomic E-state index is 12.6. The first kappa shape index (κ1) is 16.5. The fourth-order valence-electron chi connectivity index (χ4n) is 2.06. The van der Waals surface area contributed by atoms with Crippen molar-refractivity contribution in [3.63, 3.8) is 0 Å². The fourth-order valence-corrected chi connectivity index (χ4v) is 2.45. The highest BCUT2D eigenvalue weighted by atomic mass is 127. The minimum absolute atomic E-state index is 0.154. The van der Waals surface area contributed by atoms with Gasteiger partial charge in [0.05, 0.1) is 21.4 Å². The van der Waals surface area contributed by atoms with Crippen molar-refractivity contribution >= 4 is 34.2 Å². The van der Waals surface area contributed by atoms with Gasteiger partial charge in [-0.05, 0) is 73.5 Å². The molecule has 1 heterocycles. The standard InChI is InChI=1S/C16H17IN4O/c1-10-11(2)14(6-5-12(10)7-18)20-15(22)16(3,4)21-9-13(17)8-19-21/h5-6,8-9H,1-4H3,(H,20,22). The van der Waals surface area contributed by atoms with Gasteiger partial charge >= 0.3 is 0 Å². The molecule has 0 aliphatic heterocycles. The lowest BCUT2D eigenvalue weighted by atomic mass is 10.0. The molecule has 1 aromatic carbocycles. The van der Waals surface area contributed by atoms with Gasteiger partial charge in [0.2, 0.25) is 0 Å². The molecule has 1 amide bonds. The Morgan fingerprint density at radius 3 is 2.59 bits per heavy atom. The lowest BCUT2D eigenvalue weighted by Crippen LogP contribution is -2.40. The number of rotatable bonds is 3. The number of nitrogens with one attached hydrogen (secondary N) is 1. The number of hydrogen-bond donors (Lipinski definition) is 1. The normalized spacial score (nSPS) is 11.1. The molecular weight excluding hydrogens is 391 g/mol. The Morgan fingerprint density at radius 1 is 1.36 bits per heavy atom. The molecule has 0 saturated heterocycles. The number of carbonyl (C=O) groups excluding carboxylic acids is 1. The van der Waals surface area contributed by atoms with Gasteiger partial charge in [-0.3, -0.25) is 9.48 Å². The summed E-state index contributed by atoms with van der Waals surface area (Å²) in [4.78, 5) is 12.6. The number of halogens is 1. The van der Waals surface area contributed by atoms with Gasteiger partial charge in [-0.1, -0.05) is 0 Å². The summed E-state index contributed by atoms with van der Waals surface area (Å²) < 4.78 is 2.62. The first-order valence-electron chi connectivity index (χ1n) is 6.79. The third-order valence-electron chi connectivity index (χ3n) is 3.84. The Morgan fingerprint density at radius 2 is 2.05 bits per heavy atom. The Bertz CT molecular complexity index is 771. The Kier molecular flexibility index (Phi) is 4.56. The van der Waals surface area contributed by atoms with Crippen LogP contribution in [0.3, 0.4) is 0 Å². The summed E-state index contributed by atoms with van der Waals surface area (Å²) in [6.07, 6.45) is 3.55. The summed E-state index contributed by atoms with van der Waals surface area (Å²) in [5.41, 5.74) is 2.32. The summed E-state index contributed by atoms with van der Waals surface area (Å²) in [7, 11) is 0. The van der Waals surface area contributed by atoms with Crippen molar-refractivity contribution in [1.82, 2.24) is 9.78 Å². The molecule has 2 aromatic rings. The monoisotopic (exact) mass is 408 g/mol. The Labute approximate surface area is 143 Å². The van der Waals surface area contributed by atoms with Crippen molar-refractivity contribution in [2.75, 3.05) is 5.32 Å². The van der Waals surface area contributed by atoms with Crippen LogP contribution in [0.5, 0.6) is 0 Å². The number of benzene rings is 1. The van der Waals surface area contributed by atoms with E-state index < -0.39 is 5.54 Å². The summed E-state index contributed by atoms with van der Waals surface area (Å²) in [6.45, 7) is 7.41. The van der Waals surface area contributed by atoms with Crippen molar-refractivity contribution in [2.45, 2.75) is 33.2 Å². The number of nitrogens with zero attached hydrogens (tertiary/aromatic N) is 3. The maximum Gasteiger partial charge on any atom is 0.251 e. The Balaban J connectivity index is 2.30. The van der Waals surface area contributed by atoms with Gasteiger partial charge in [-0.15, -0.1) is 0 Å². The number of anilines is 1. The largest absolute Gasteiger partial charge is 0.324 e. The number of hydrogen-bond acceptors (Lipinski definition) is 3. The maximum atomic E-state index is 12.6. The molecule has 1 aromatic heterocycles. The van der Waals surface area contributed by atoms with Crippen LogP contribution < -0.4 is 5.32 Å². The highest BCUT2D eigenvalue weighted by molar-refractivity contribution is 14.1. The third kappa shape index (κ3) is 2.99. The minimum atomic E-state index is -0.808. The van der Waals surface area contributed by atoms with E-state index in [2.05, 4.69) is 39.1 Å². The number of nitriles is 1. The van der Waals surface area contributed by atoms with Crippen LogP contribution in [0.15, 0.2) is 24.5 Å². The number of aromatic nitrogens is 2. The second kappa shape index (κ2) is 6.08. The molecule has 0 fully saturated rings. The first-order valence-corrected chi connectivity index (χ1v) is 7.87. The zero-order valence-electron chi connectivity index (χ0n) is 12.9. The van der Waals surface area contributed by atoms with Crippen LogP contribution in [-0.2, 0) is 10.3 Å². The molecule has 0 saturated carbocycles. The molecule has 0 aliphatic rings. The van der Waals surface area contributed by atoms with Crippen LogP contribution in [0.2, 0.25) is 0 Å². The first-order chi connectivity index (χ1) is 10.3. The molecule has 6 heteroatoms. The molecule has 22 heavy (non-hydrogen) atoms. The van der Waals surface area contributed by atoms with Gasteiger partial charge < -0.3 is 5.32 Å². The van der Waals surface area contributed by atoms with E-state index in [0.717, 1.165) is 20.4 Å². The van der Waals surface area contributed by atoms with Crippen LogP contribution in [0.25, 0.3) is 0 Å². The lowest BCUT2D eigenvalue weighted by molar-refractivity contribution is -0.123. The zero-order valence-corrected chi connectivity index (χ0v) is 15.1. The van der Waals surface area contributed by atoms with Gasteiger partial charge in [0.15, 0.2) is 0 Å². The zero-order chi connectivity index (χ0) is 16.5. The molecule has 0 unspecified atom stereocenters. The number of carbonyl (C=O) groups is 1. The summed E-state index contributed by atoms with van der Waals surface area (Å²) >= 11 is 2.16. The highest BCUT2D eigenvalue weighted by Gasteiger charge is 2.31. The molecule has 0 aliphatic carbocycles. The summed E-state index contributed by atoms with van der Waals surface area (Å²) in [5, 5.41) is 16.2. The van der Waals surface area contributed by atoms with Gasteiger partial charge in [0.1, 0.15) is 5.54 Å². The quantitative estimate of drug-likeness (QED) is 0.792. The van der Waals surface area contributed by atoms with E-state index in [0.29, 0.717) is 5.56 Å². The molecule has 0 atom stereocenters. The van der Waals surface area contributed by atoms with E-state index >= 15 is 0 Å². The van der Waals surface area contributed by atoms with E-state index in [4.69, 9.17) is 5.26 Å². The fraction of sp³-hybridized carbons (Fsp3) is 0.312. The molecule has 2 rings (SSSR count). The third-order valence-corrected chi connectivity index (χ3v) is 4.39. The van der Waals surface area contributed by atoms with E-state index in [1.165, 1.54) is 0 Å².